The molecule has 0 bridgehead atoms. The minimum absolute atomic E-state index is 0.0471. The van der Waals surface area contributed by atoms with Gasteiger partial charge in [-0.05, 0) is 32.4 Å². The third kappa shape index (κ3) is 5.12. The molecule has 7 heteroatoms. The van der Waals surface area contributed by atoms with Crippen LogP contribution in [-0.4, -0.2) is 35.0 Å². The van der Waals surface area contributed by atoms with E-state index in [0.29, 0.717) is 0 Å². The van der Waals surface area contributed by atoms with Gasteiger partial charge >= 0.3 is 12.0 Å². The summed E-state index contributed by atoms with van der Waals surface area (Å²) in [5.41, 5.74) is 1.26. The van der Waals surface area contributed by atoms with Gasteiger partial charge in [-0.1, -0.05) is 18.2 Å². The second kappa shape index (κ2) is 7.16. The molecule has 1 heterocycles. The Balaban J connectivity index is 1.81. The number of para-hydroxylation sites is 1. The molecule has 0 unspecified atom stereocenters. The number of carbonyl (C=O) groups is 3. The van der Waals surface area contributed by atoms with E-state index in [1.54, 1.807) is 27.0 Å². The van der Waals surface area contributed by atoms with E-state index in [2.05, 4.69) is 15.6 Å². The summed E-state index contributed by atoms with van der Waals surface area (Å²) < 4.78 is 4.91. The number of imide groups is 1. The smallest absolute Gasteiger partial charge is 0.321 e. The molecule has 0 radical (unpaired) electrons. The van der Waals surface area contributed by atoms with Gasteiger partial charge in [-0.2, -0.15) is 0 Å². The first-order valence-corrected chi connectivity index (χ1v) is 7.57. The number of aromatic nitrogens is 1. The second-order valence-electron chi connectivity index (χ2n) is 6.45. The van der Waals surface area contributed by atoms with Crippen LogP contribution in [0, 0.1) is 0 Å². The van der Waals surface area contributed by atoms with Crippen molar-refractivity contribution in [2.75, 3.05) is 6.61 Å². The van der Waals surface area contributed by atoms with Crippen molar-refractivity contribution in [1.82, 2.24) is 15.6 Å². The van der Waals surface area contributed by atoms with Crippen molar-refractivity contribution in [2.24, 2.45) is 0 Å². The third-order valence-corrected chi connectivity index (χ3v) is 3.12. The summed E-state index contributed by atoms with van der Waals surface area (Å²) in [6, 6.07) is 6.96. The maximum absolute atomic E-state index is 11.9. The first-order valence-electron chi connectivity index (χ1n) is 7.57. The lowest BCUT2D eigenvalue weighted by Gasteiger charge is -2.20. The van der Waals surface area contributed by atoms with Gasteiger partial charge in [-0.15, -0.1) is 0 Å². The van der Waals surface area contributed by atoms with Crippen LogP contribution in [0.15, 0.2) is 30.5 Å². The maximum Gasteiger partial charge on any atom is 0.321 e. The molecule has 1 aromatic carbocycles. The monoisotopic (exact) mass is 331 g/mol. The highest BCUT2D eigenvalue weighted by atomic mass is 16.5. The molecular formula is C17H21N3O4. The number of hydrogen-bond acceptors (Lipinski definition) is 4. The zero-order valence-corrected chi connectivity index (χ0v) is 13.9. The van der Waals surface area contributed by atoms with Crippen molar-refractivity contribution < 1.29 is 19.1 Å². The summed E-state index contributed by atoms with van der Waals surface area (Å²) >= 11 is 0. The van der Waals surface area contributed by atoms with Crippen LogP contribution in [0.25, 0.3) is 10.9 Å². The molecule has 2 rings (SSSR count). The molecule has 2 aromatic rings. The largest absolute Gasteiger partial charge is 0.455 e. The molecular weight excluding hydrogens is 310 g/mol. The molecule has 0 saturated heterocycles. The summed E-state index contributed by atoms with van der Waals surface area (Å²) in [5, 5.41) is 5.62. The average Bonchev–Trinajstić information content (AvgIpc) is 2.86. The number of hydrogen-bond donors (Lipinski definition) is 3. The Bertz CT molecular complexity index is 759. The van der Waals surface area contributed by atoms with Crippen molar-refractivity contribution in [3.63, 3.8) is 0 Å². The highest BCUT2D eigenvalue weighted by Gasteiger charge is 2.17. The van der Waals surface area contributed by atoms with E-state index in [-0.39, 0.29) is 6.42 Å². The number of benzene rings is 1. The molecule has 3 N–H and O–H groups in total. The fourth-order valence-electron chi connectivity index (χ4n) is 2.17. The molecule has 0 aliphatic heterocycles. The number of nitrogens with one attached hydrogen (secondary N) is 3. The predicted octanol–water partition coefficient (Wildman–Crippen LogP) is 1.88. The molecule has 24 heavy (non-hydrogen) atoms. The van der Waals surface area contributed by atoms with E-state index in [9.17, 15) is 14.4 Å². The number of fused-ring (bicyclic) bond motifs is 1. The quantitative estimate of drug-likeness (QED) is 0.745. The summed E-state index contributed by atoms with van der Waals surface area (Å²) in [6.07, 6.45) is 1.79. The van der Waals surface area contributed by atoms with Crippen LogP contribution in [0.1, 0.15) is 26.3 Å². The Morgan fingerprint density at radius 2 is 1.88 bits per heavy atom. The van der Waals surface area contributed by atoms with Gasteiger partial charge in [0, 0.05) is 22.6 Å². The highest BCUT2D eigenvalue weighted by Crippen LogP contribution is 2.18. The number of H-pyrrole nitrogens is 1. The summed E-state index contributed by atoms with van der Waals surface area (Å²) in [7, 11) is 0. The van der Waals surface area contributed by atoms with Gasteiger partial charge in [-0.3, -0.25) is 14.9 Å². The molecule has 1 aromatic heterocycles. The summed E-state index contributed by atoms with van der Waals surface area (Å²) in [5.74, 6) is -1.21. The van der Waals surface area contributed by atoms with E-state index in [4.69, 9.17) is 4.74 Å². The molecule has 3 amide bonds. The van der Waals surface area contributed by atoms with E-state index >= 15 is 0 Å². The third-order valence-electron chi connectivity index (χ3n) is 3.12. The minimum Gasteiger partial charge on any atom is -0.455 e. The standard InChI is InChI=1S/C17H21N3O4/c1-17(2,3)20-16(23)19-14(21)10-24-15(22)8-11-9-18-13-7-5-4-6-12(11)13/h4-7,9,18H,8,10H2,1-3H3,(H2,19,20,21,23). The molecule has 0 saturated carbocycles. The number of ether oxygens (including phenoxy) is 1. The van der Waals surface area contributed by atoms with Gasteiger partial charge < -0.3 is 15.0 Å². The number of urea groups is 1. The Hall–Kier alpha value is -2.83. The Kier molecular flexibility index (Phi) is 5.23. The van der Waals surface area contributed by atoms with Crippen molar-refractivity contribution in [2.45, 2.75) is 32.7 Å². The number of rotatable bonds is 4. The van der Waals surface area contributed by atoms with Gasteiger partial charge in [-0.25, -0.2) is 4.79 Å². The average molecular weight is 331 g/mol. The van der Waals surface area contributed by atoms with Crippen molar-refractivity contribution in [3.05, 3.63) is 36.0 Å². The van der Waals surface area contributed by atoms with Crippen molar-refractivity contribution >= 4 is 28.8 Å². The lowest BCUT2D eigenvalue weighted by molar-refractivity contribution is -0.147. The Labute approximate surface area is 139 Å². The fourth-order valence-corrected chi connectivity index (χ4v) is 2.17. The molecule has 0 atom stereocenters. The molecule has 128 valence electrons. The van der Waals surface area contributed by atoms with Crippen LogP contribution in [-0.2, 0) is 20.7 Å². The Morgan fingerprint density at radius 3 is 2.58 bits per heavy atom. The van der Waals surface area contributed by atoms with Crippen molar-refractivity contribution in [3.8, 4) is 0 Å². The van der Waals surface area contributed by atoms with Crippen LogP contribution in [0.2, 0.25) is 0 Å². The molecule has 0 aliphatic rings. The number of carbonyl (C=O) groups excluding carboxylic acids is 3. The van der Waals surface area contributed by atoms with Gasteiger partial charge in [0.1, 0.15) is 0 Å². The van der Waals surface area contributed by atoms with Crippen LogP contribution < -0.4 is 10.6 Å². The number of esters is 1. The van der Waals surface area contributed by atoms with E-state index in [0.717, 1.165) is 16.5 Å². The number of amides is 3. The lowest BCUT2D eigenvalue weighted by atomic mass is 10.1. The maximum atomic E-state index is 11.9. The predicted molar refractivity (Wildman–Crippen MR) is 89.4 cm³/mol. The van der Waals surface area contributed by atoms with E-state index in [1.165, 1.54) is 0 Å². The van der Waals surface area contributed by atoms with Gasteiger partial charge in [0.25, 0.3) is 5.91 Å². The first kappa shape index (κ1) is 17.5. The SMILES string of the molecule is CC(C)(C)NC(=O)NC(=O)COC(=O)Cc1c[nH]c2ccccc12. The van der Waals surface area contributed by atoms with Crippen molar-refractivity contribution in [1.29, 1.82) is 0 Å². The zero-order chi connectivity index (χ0) is 17.7. The van der Waals surface area contributed by atoms with Crippen LogP contribution in [0.4, 0.5) is 4.79 Å². The molecule has 0 aliphatic carbocycles. The van der Waals surface area contributed by atoms with Crippen LogP contribution in [0.3, 0.4) is 0 Å². The zero-order valence-electron chi connectivity index (χ0n) is 13.9. The Morgan fingerprint density at radius 1 is 1.17 bits per heavy atom. The number of aromatic amines is 1. The highest BCUT2D eigenvalue weighted by molar-refractivity contribution is 5.96. The first-order chi connectivity index (χ1) is 11.2. The molecule has 0 fully saturated rings. The normalized spacial score (nSPS) is 11.1. The topological polar surface area (TPSA) is 100 Å². The van der Waals surface area contributed by atoms with E-state index in [1.807, 2.05) is 24.3 Å². The summed E-state index contributed by atoms with van der Waals surface area (Å²) in [4.78, 5) is 38.1. The fraction of sp³-hybridized carbons (Fsp3) is 0.353. The van der Waals surface area contributed by atoms with Gasteiger partial charge in [0.2, 0.25) is 0 Å². The lowest BCUT2D eigenvalue weighted by Crippen LogP contribution is -2.49. The van der Waals surface area contributed by atoms with Gasteiger partial charge in [0.15, 0.2) is 6.61 Å². The van der Waals surface area contributed by atoms with Crippen LogP contribution >= 0.6 is 0 Å². The van der Waals surface area contributed by atoms with E-state index < -0.39 is 30.1 Å². The van der Waals surface area contributed by atoms with Crippen LogP contribution in [0.5, 0.6) is 0 Å². The summed E-state index contributed by atoms with van der Waals surface area (Å²) in [6.45, 7) is 4.87. The second-order valence-corrected chi connectivity index (χ2v) is 6.45. The molecule has 0 spiro atoms. The van der Waals surface area contributed by atoms with Gasteiger partial charge in [0.05, 0.1) is 6.42 Å². The minimum atomic E-state index is -0.677. The molecule has 7 nitrogen and oxygen atoms in total.